The van der Waals surface area contributed by atoms with Crippen molar-refractivity contribution in [3.8, 4) is 0 Å². The molecule has 1 atom stereocenters. The number of hydrogen-bond acceptors (Lipinski definition) is 3. The number of carbonyl (C=O) groups is 1. The Balaban J connectivity index is 1.74. The van der Waals surface area contributed by atoms with Gasteiger partial charge in [-0.2, -0.15) is 0 Å². The highest BCUT2D eigenvalue weighted by Crippen LogP contribution is 2.10. The lowest BCUT2D eigenvalue weighted by Crippen LogP contribution is -2.45. The molecule has 0 aromatic carbocycles. The Hall–Kier alpha value is -1.33. The number of nitrogens with zero attached hydrogens (tertiary/aromatic N) is 2. The highest BCUT2D eigenvalue weighted by Gasteiger charge is 2.15. The van der Waals surface area contributed by atoms with Crippen molar-refractivity contribution >= 4 is 23.4 Å². The predicted octanol–water partition coefficient (Wildman–Crippen LogP) is 2.73. The number of nitrogens with one attached hydrogen (secondary N) is 2. The Morgan fingerprint density at radius 2 is 2.15 bits per heavy atom. The van der Waals surface area contributed by atoms with Gasteiger partial charge in [0, 0.05) is 18.8 Å². The standard InChI is InChI=1S/C14H21ClN4O/c1-11(10-19-7-3-2-4-8-19)17-14(20)18-13-6-5-12(15)9-16-13/h5-6,9,11H,2-4,7-8,10H2,1H3,(H2,16,17,18,20). The van der Waals surface area contributed by atoms with E-state index in [9.17, 15) is 4.79 Å². The maximum Gasteiger partial charge on any atom is 0.320 e. The van der Waals surface area contributed by atoms with Crippen LogP contribution < -0.4 is 10.6 Å². The minimum Gasteiger partial charge on any atom is -0.334 e. The van der Waals surface area contributed by atoms with Crippen LogP contribution in [0.4, 0.5) is 10.6 Å². The van der Waals surface area contributed by atoms with Crippen molar-refractivity contribution in [2.24, 2.45) is 0 Å². The number of piperidine rings is 1. The average Bonchev–Trinajstić information content (AvgIpc) is 2.42. The van der Waals surface area contributed by atoms with E-state index in [1.807, 2.05) is 6.92 Å². The molecule has 1 aliphatic heterocycles. The summed E-state index contributed by atoms with van der Waals surface area (Å²) < 4.78 is 0. The van der Waals surface area contributed by atoms with E-state index in [1.54, 1.807) is 12.1 Å². The summed E-state index contributed by atoms with van der Waals surface area (Å²) in [5, 5.41) is 6.17. The van der Waals surface area contributed by atoms with Crippen LogP contribution in [0, 0.1) is 0 Å². The summed E-state index contributed by atoms with van der Waals surface area (Å²) in [6.45, 7) is 5.17. The molecule has 1 aromatic rings. The third-order valence-corrected chi connectivity index (χ3v) is 3.55. The second kappa shape index (κ2) is 7.45. The van der Waals surface area contributed by atoms with Crippen molar-refractivity contribution in [2.45, 2.75) is 32.2 Å². The van der Waals surface area contributed by atoms with Crippen LogP contribution in [0.1, 0.15) is 26.2 Å². The maximum atomic E-state index is 11.8. The van der Waals surface area contributed by atoms with E-state index in [-0.39, 0.29) is 12.1 Å². The molecule has 5 nitrogen and oxygen atoms in total. The number of aromatic nitrogens is 1. The van der Waals surface area contributed by atoms with Gasteiger partial charge >= 0.3 is 6.03 Å². The van der Waals surface area contributed by atoms with Crippen LogP contribution in [0.25, 0.3) is 0 Å². The van der Waals surface area contributed by atoms with Crippen LogP contribution in [0.5, 0.6) is 0 Å². The molecule has 1 aliphatic rings. The van der Waals surface area contributed by atoms with Crippen LogP contribution in [-0.2, 0) is 0 Å². The Bertz CT molecular complexity index is 431. The van der Waals surface area contributed by atoms with E-state index in [0.29, 0.717) is 10.8 Å². The van der Waals surface area contributed by atoms with Crippen molar-refractivity contribution in [2.75, 3.05) is 25.0 Å². The van der Waals surface area contributed by atoms with Gasteiger partial charge in [-0.3, -0.25) is 5.32 Å². The van der Waals surface area contributed by atoms with E-state index < -0.39 is 0 Å². The van der Waals surface area contributed by atoms with Crippen molar-refractivity contribution in [1.82, 2.24) is 15.2 Å². The fourth-order valence-corrected chi connectivity index (χ4v) is 2.51. The normalized spacial score (nSPS) is 17.5. The highest BCUT2D eigenvalue weighted by molar-refractivity contribution is 6.30. The van der Waals surface area contributed by atoms with Gasteiger partial charge in [0.25, 0.3) is 0 Å². The quantitative estimate of drug-likeness (QED) is 0.898. The molecule has 2 heterocycles. The number of likely N-dealkylation sites (tertiary alicyclic amines) is 1. The molecule has 0 aliphatic carbocycles. The van der Waals surface area contributed by atoms with E-state index in [0.717, 1.165) is 19.6 Å². The molecule has 1 unspecified atom stereocenters. The van der Waals surface area contributed by atoms with E-state index in [2.05, 4.69) is 20.5 Å². The first-order valence-corrected chi connectivity index (χ1v) is 7.43. The summed E-state index contributed by atoms with van der Waals surface area (Å²) in [5.41, 5.74) is 0. The number of amides is 2. The molecule has 2 N–H and O–H groups in total. The highest BCUT2D eigenvalue weighted by atomic mass is 35.5. The molecular formula is C14H21ClN4O. The molecule has 6 heteroatoms. The number of rotatable bonds is 4. The van der Waals surface area contributed by atoms with Crippen molar-refractivity contribution in [3.05, 3.63) is 23.4 Å². The Morgan fingerprint density at radius 3 is 2.80 bits per heavy atom. The summed E-state index contributed by atoms with van der Waals surface area (Å²) in [4.78, 5) is 18.3. The van der Waals surface area contributed by atoms with Crippen LogP contribution in [0.3, 0.4) is 0 Å². The van der Waals surface area contributed by atoms with Crippen molar-refractivity contribution < 1.29 is 4.79 Å². The zero-order chi connectivity index (χ0) is 14.4. The summed E-state index contributed by atoms with van der Waals surface area (Å²) in [7, 11) is 0. The topological polar surface area (TPSA) is 57.3 Å². The zero-order valence-electron chi connectivity index (χ0n) is 11.7. The van der Waals surface area contributed by atoms with Gasteiger partial charge in [-0.25, -0.2) is 9.78 Å². The molecule has 2 rings (SSSR count). The first-order chi connectivity index (χ1) is 9.63. The molecule has 1 fully saturated rings. The molecule has 1 aromatic heterocycles. The van der Waals surface area contributed by atoms with Gasteiger partial charge in [0.15, 0.2) is 0 Å². The summed E-state index contributed by atoms with van der Waals surface area (Å²) >= 11 is 5.74. The molecule has 2 amide bonds. The Labute approximate surface area is 124 Å². The van der Waals surface area contributed by atoms with Crippen LogP contribution in [0.15, 0.2) is 18.3 Å². The molecule has 0 radical (unpaired) electrons. The van der Waals surface area contributed by atoms with Crippen LogP contribution >= 0.6 is 11.6 Å². The molecule has 0 spiro atoms. The second-order valence-corrected chi connectivity index (χ2v) is 5.66. The van der Waals surface area contributed by atoms with Crippen LogP contribution in [0.2, 0.25) is 5.02 Å². The van der Waals surface area contributed by atoms with E-state index in [1.165, 1.54) is 25.5 Å². The predicted molar refractivity (Wildman–Crippen MR) is 81.2 cm³/mol. The van der Waals surface area contributed by atoms with Crippen molar-refractivity contribution in [3.63, 3.8) is 0 Å². The summed E-state index contributed by atoms with van der Waals surface area (Å²) in [5.74, 6) is 0.497. The molecule has 110 valence electrons. The largest absolute Gasteiger partial charge is 0.334 e. The number of anilines is 1. The number of carbonyl (C=O) groups excluding carboxylic acids is 1. The van der Waals surface area contributed by atoms with Gasteiger partial charge in [-0.15, -0.1) is 0 Å². The summed E-state index contributed by atoms with van der Waals surface area (Å²) in [6, 6.07) is 3.25. The molecule has 20 heavy (non-hydrogen) atoms. The molecular weight excluding hydrogens is 276 g/mol. The van der Waals surface area contributed by atoms with Crippen molar-refractivity contribution in [1.29, 1.82) is 0 Å². The first kappa shape index (κ1) is 15.1. The van der Waals surface area contributed by atoms with Crippen LogP contribution in [-0.4, -0.2) is 41.6 Å². The van der Waals surface area contributed by atoms with Gasteiger partial charge in [0.1, 0.15) is 5.82 Å². The lowest BCUT2D eigenvalue weighted by Gasteiger charge is -2.29. The smallest absolute Gasteiger partial charge is 0.320 e. The first-order valence-electron chi connectivity index (χ1n) is 7.05. The lowest BCUT2D eigenvalue weighted by molar-refractivity contribution is 0.206. The summed E-state index contributed by atoms with van der Waals surface area (Å²) in [6.07, 6.45) is 5.34. The molecule has 0 bridgehead atoms. The van der Waals surface area contributed by atoms with E-state index >= 15 is 0 Å². The molecule has 0 saturated carbocycles. The van der Waals surface area contributed by atoms with Gasteiger partial charge in [-0.05, 0) is 45.0 Å². The third kappa shape index (κ3) is 4.98. The maximum absolute atomic E-state index is 11.8. The zero-order valence-corrected chi connectivity index (χ0v) is 12.5. The fourth-order valence-electron chi connectivity index (χ4n) is 2.40. The number of hydrogen-bond donors (Lipinski definition) is 2. The Kier molecular flexibility index (Phi) is 5.61. The number of pyridine rings is 1. The Morgan fingerprint density at radius 1 is 1.40 bits per heavy atom. The van der Waals surface area contributed by atoms with Gasteiger partial charge in [0.05, 0.1) is 5.02 Å². The SMILES string of the molecule is CC(CN1CCCCC1)NC(=O)Nc1ccc(Cl)cn1. The lowest BCUT2D eigenvalue weighted by atomic mass is 10.1. The van der Waals surface area contributed by atoms with Gasteiger partial charge in [0.2, 0.25) is 0 Å². The van der Waals surface area contributed by atoms with Gasteiger partial charge < -0.3 is 10.2 Å². The van der Waals surface area contributed by atoms with E-state index in [4.69, 9.17) is 11.6 Å². The van der Waals surface area contributed by atoms with Gasteiger partial charge in [-0.1, -0.05) is 18.0 Å². The monoisotopic (exact) mass is 296 g/mol. The third-order valence-electron chi connectivity index (χ3n) is 3.33. The fraction of sp³-hybridized carbons (Fsp3) is 0.571. The average molecular weight is 297 g/mol. The molecule has 1 saturated heterocycles. The number of halogens is 1. The number of urea groups is 1. The minimum atomic E-state index is -0.232. The minimum absolute atomic E-state index is 0.111. The second-order valence-electron chi connectivity index (χ2n) is 5.22.